The average molecular weight is 320 g/mol. The molecular formula is C15H20N4O4. The van der Waals surface area contributed by atoms with E-state index in [2.05, 4.69) is 0 Å². The molecule has 0 unspecified atom stereocenters. The van der Waals surface area contributed by atoms with Crippen LogP contribution in [0.2, 0.25) is 0 Å². The molecule has 23 heavy (non-hydrogen) atoms. The summed E-state index contributed by atoms with van der Waals surface area (Å²) in [6, 6.07) is 9.42. The molecule has 2 rings (SSSR count). The minimum Gasteiger partial charge on any atom is -0.478 e. The Hall–Kier alpha value is -3.10. The van der Waals surface area contributed by atoms with Gasteiger partial charge in [0.05, 0.1) is 11.1 Å². The Morgan fingerprint density at radius 3 is 1.43 bits per heavy atom. The van der Waals surface area contributed by atoms with Crippen molar-refractivity contribution < 1.29 is 19.8 Å². The summed E-state index contributed by atoms with van der Waals surface area (Å²) in [5.41, 5.74) is 13.1. The topological polar surface area (TPSA) is 197 Å². The first-order chi connectivity index (χ1) is 9.88. The predicted molar refractivity (Wildman–Crippen MR) is 88.5 cm³/mol. The molecule has 0 atom stereocenters. The fourth-order valence-electron chi connectivity index (χ4n) is 2.03. The van der Waals surface area contributed by atoms with Crippen LogP contribution in [0.5, 0.6) is 0 Å². The van der Waals surface area contributed by atoms with Crippen LogP contribution in [0.25, 0.3) is 0 Å². The summed E-state index contributed by atoms with van der Waals surface area (Å²) < 4.78 is 0. The van der Waals surface area contributed by atoms with E-state index in [4.69, 9.17) is 21.7 Å². The summed E-state index contributed by atoms with van der Waals surface area (Å²) >= 11 is 0. The first-order valence-electron chi connectivity index (χ1n) is 6.12. The van der Waals surface area contributed by atoms with Gasteiger partial charge in [-0.1, -0.05) is 12.1 Å². The Bertz CT molecular complexity index is 670. The maximum absolute atomic E-state index is 11.0. The standard InChI is InChI=1S/C15H14N2O4.2H3N/c16-12-3-1-8(6-10(12)14(18)19)5-9-2-4-13(17)11(7-9)15(20)21;;/h1-4,6-7H,5,16-17H2,(H,18,19)(H,20,21);2*1H3. The van der Waals surface area contributed by atoms with E-state index in [1.54, 1.807) is 12.1 Å². The summed E-state index contributed by atoms with van der Waals surface area (Å²) in [6.07, 6.45) is 0.390. The largest absolute Gasteiger partial charge is 0.478 e. The number of hydrogen-bond donors (Lipinski definition) is 6. The number of carboxylic acids is 2. The summed E-state index contributed by atoms with van der Waals surface area (Å²) in [6.45, 7) is 0. The van der Waals surface area contributed by atoms with Gasteiger partial charge in [0.1, 0.15) is 0 Å². The second-order valence-corrected chi connectivity index (χ2v) is 4.63. The third-order valence-electron chi connectivity index (χ3n) is 3.10. The quantitative estimate of drug-likeness (QED) is 0.460. The molecule has 2 aromatic rings. The molecule has 0 saturated carbocycles. The molecule has 0 spiro atoms. The molecule has 8 heteroatoms. The number of nitrogen functional groups attached to an aromatic ring is 2. The first-order valence-corrected chi connectivity index (χ1v) is 6.12. The number of nitrogens with two attached hydrogens (primary N) is 2. The van der Waals surface area contributed by atoms with Gasteiger partial charge in [-0.05, 0) is 41.8 Å². The van der Waals surface area contributed by atoms with Crippen molar-refractivity contribution in [2.24, 2.45) is 0 Å². The zero-order chi connectivity index (χ0) is 15.6. The van der Waals surface area contributed by atoms with E-state index in [0.29, 0.717) is 6.42 Å². The number of rotatable bonds is 4. The summed E-state index contributed by atoms with van der Waals surface area (Å²) in [4.78, 5) is 22.1. The zero-order valence-electron chi connectivity index (χ0n) is 12.5. The van der Waals surface area contributed by atoms with Crippen molar-refractivity contribution in [3.8, 4) is 0 Å². The monoisotopic (exact) mass is 320 g/mol. The number of benzene rings is 2. The molecule has 2 aromatic carbocycles. The van der Waals surface area contributed by atoms with Gasteiger partial charge in [-0.2, -0.15) is 0 Å². The third-order valence-corrected chi connectivity index (χ3v) is 3.10. The number of carboxylic acid groups (broad SMARTS) is 2. The summed E-state index contributed by atoms with van der Waals surface area (Å²) in [5, 5.41) is 18.1. The van der Waals surface area contributed by atoms with E-state index in [-0.39, 0.29) is 34.8 Å². The second-order valence-electron chi connectivity index (χ2n) is 4.63. The van der Waals surface area contributed by atoms with Gasteiger partial charge in [-0.25, -0.2) is 9.59 Å². The van der Waals surface area contributed by atoms with Crippen molar-refractivity contribution in [3.63, 3.8) is 0 Å². The molecule has 0 aromatic heterocycles. The summed E-state index contributed by atoms with van der Waals surface area (Å²) in [7, 11) is 0. The third kappa shape index (κ3) is 4.43. The van der Waals surface area contributed by atoms with Crippen LogP contribution >= 0.6 is 0 Å². The molecule has 12 N–H and O–H groups in total. The lowest BCUT2D eigenvalue weighted by molar-refractivity contribution is 0.0687. The zero-order valence-corrected chi connectivity index (χ0v) is 12.5. The fourth-order valence-corrected chi connectivity index (χ4v) is 2.03. The highest BCUT2D eigenvalue weighted by atomic mass is 16.4. The average Bonchev–Trinajstić information content (AvgIpc) is 2.42. The van der Waals surface area contributed by atoms with Gasteiger partial charge in [-0.15, -0.1) is 0 Å². The number of carbonyl (C=O) groups is 2. The summed E-state index contributed by atoms with van der Waals surface area (Å²) in [5.74, 6) is -2.20. The lowest BCUT2D eigenvalue weighted by Gasteiger charge is -2.08. The van der Waals surface area contributed by atoms with Crippen LogP contribution in [0, 0.1) is 0 Å². The van der Waals surface area contributed by atoms with Gasteiger partial charge in [0.25, 0.3) is 0 Å². The Morgan fingerprint density at radius 2 is 1.13 bits per heavy atom. The number of hydrogen-bond acceptors (Lipinski definition) is 6. The lowest BCUT2D eigenvalue weighted by atomic mass is 9.99. The molecular weight excluding hydrogens is 300 g/mol. The highest BCUT2D eigenvalue weighted by Gasteiger charge is 2.11. The van der Waals surface area contributed by atoms with E-state index in [0.717, 1.165) is 11.1 Å². The van der Waals surface area contributed by atoms with Gasteiger partial charge < -0.3 is 34.0 Å². The molecule has 0 heterocycles. The molecule has 8 nitrogen and oxygen atoms in total. The van der Waals surface area contributed by atoms with Crippen LogP contribution in [0.15, 0.2) is 36.4 Å². The van der Waals surface area contributed by atoms with Crippen molar-refractivity contribution in [2.45, 2.75) is 6.42 Å². The molecule has 124 valence electrons. The fraction of sp³-hybridized carbons (Fsp3) is 0.0667. The Kier molecular flexibility index (Phi) is 6.73. The van der Waals surface area contributed by atoms with Gasteiger partial charge in [0, 0.05) is 11.4 Å². The van der Waals surface area contributed by atoms with Crippen molar-refractivity contribution in [2.75, 3.05) is 11.5 Å². The van der Waals surface area contributed by atoms with Gasteiger partial charge in [0.2, 0.25) is 0 Å². The molecule has 0 amide bonds. The second kappa shape index (κ2) is 7.78. The van der Waals surface area contributed by atoms with Gasteiger partial charge in [-0.3, -0.25) is 0 Å². The van der Waals surface area contributed by atoms with Gasteiger partial charge in [0.15, 0.2) is 0 Å². The van der Waals surface area contributed by atoms with Crippen LogP contribution in [0.3, 0.4) is 0 Å². The van der Waals surface area contributed by atoms with Crippen molar-refractivity contribution in [3.05, 3.63) is 58.7 Å². The van der Waals surface area contributed by atoms with Crippen LogP contribution < -0.4 is 23.8 Å². The molecule has 0 fully saturated rings. The molecule has 0 aliphatic heterocycles. The van der Waals surface area contributed by atoms with E-state index < -0.39 is 11.9 Å². The Labute approximate surface area is 132 Å². The molecule has 0 aliphatic carbocycles. The normalized spacial score (nSPS) is 9.39. The maximum atomic E-state index is 11.0. The number of anilines is 2. The van der Waals surface area contributed by atoms with Crippen LogP contribution in [-0.2, 0) is 6.42 Å². The van der Waals surface area contributed by atoms with Gasteiger partial charge >= 0.3 is 11.9 Å². The van der Waals surface area contributed by atoms with E-state index >= 15 is 0 Å². The van der Waals surface area contributed by atoms with E-state index in [1.165, 1.54) is 24.3 Å². The first kappa shape index (κ1) is 19.9. The van der Waals surface area contributed by atoms with Crippen molar-refractivity contribution in [1.29, 1.82) is 0 Å². The van der Waals surface area contributed by atoms with Crippen molar-refractivity contribution >= 4 is 23.3 Å². The smallest absolute Gasteiger partial charge is 0.337 e. The van der Waals surface area contributed by atoms with Crippen LogP contribution in [0.4, 0.5) is 11.4 Å². The highest BCUT2D eigenvalue weighted by Crippen LogP contribution is 2.20. The lowest BCUT2D eigenvalue weighted by Crippen LogP contribution is -2.05. The van der Waals surface area contributed by atoms with Crippen molar-refractivity contribution in [1.82, 2.24) is 12.3 Å². The molecule has 0 saturated heterocycles. The molecule has 0 aliphatic rings. The minimum atomic E-state index is -1.10. The Balaban J connectivity index is 0.00000242. The number of aromatic carboxylic acids is 2. The highest BCUT2D eigenvalue weighted by molar-refractivity contribution is 5.94. The molecule has 0 radical (unpaired) electrons. The van der Waals surface area contributed by atoms with Crippen LogP contribution in [-0.4, -0.2) is 22.2 Å². The predicted octanol–water partition coefficient (Wildman–Crippen LogP) is 2.16. The minimum absolute atomic E-state index is 0. The SMILES string of the molecule is N.N.Nc1ccc(Cc2ccc(N)c(C(=O)O)c2)cc1C(=O)O. The maximum Gasteiger partial charge on any atom is 0.337 e. The van der Waals surface area contributed by atoms with Crippen LogP contribution in [0.1, 0.15) is 31.8 Å². The van der Waals surface area contributed by atoms with E-state index in [9.17, 15) is 9.59 Å². The Morgan fingerprint density at radius 1 is 0.783 bits per heavy atom. The van der Waals surface area contributed by atoms with E-state index in [1.807, 2.05) is 0 Å². The molecule has 0 bridgehead atoms.